The Kier molecular flexibility index (Phi) is 40.8. The molecule has 0 saturated heterocycles. The van der Waals surface area contributed by atoms with E-state index in [1.807, 2.05) is 78.9 Å². The molecule has 0 amide bonds. The van der Waals surface area contributed by atoms with Crippen molar-refractivity contribution < 1.29 is 84.4 Å². The number of para-hydroxylation sites is 1. The Morgan fingerprint density at radius 2 is 0.528 bits per heavy atom. The standard InChI is InChI=1S/C20H20Br2O2.C20H22O2.C18H14O.3C12H17N.3C5H10.C4H10O.3Mo/c21-15-9-11-5-1-3-7-13(11)17(19(15)23)18-14-8-4-2-6-12(14)10-16(22)20(18)24;21-17-11-9-13-5-1-3-7-15(13)19(17)20-16-8-4-2-6-14(16)10-12-18(20)22;19-18-16(14-8-3-1-4-9-14)12-7-13-17(18)15-10-5-2-6-11-15;3*1-8(2)10-6-5-7-11(9(3)4)12(10)13;3*1-5(2,3)4;1-4(2,3)5;;;/h9-10,23-24H,1-8H2;9-12,21-22H,1-8H2;1-13,19H;3*5-9H,1-4H3;3*1H,2-4H3;5H,1-3H3;;;. The van der Waals surface area contributed by atoms with Gasteiger partial charge in [-0.3, -0.25) is 0 Å². The first-order valence-corrected chi connectivity index (χ1v) is 54.0. The smallest absolute Gasteiger partial charge is 0.138 e. The number of halogens is 2. The van der Waals surface area contributed by atoms with Gasteiger partial charge in [-0.2, -0.15) is 0 Å². The van der Waals surface area contributed by atoms with Crippen LogP contribution in [-0.4, -0.2) is 49.4 Å². The van der Waals surface area contributed by atoms with E-state index in [0.717, 1.165) is 118 Å². The van der Waals surface area contributed by atoms with E-state index in [1.54, 1.807) is 32.9 Å². The van der Waals surface area contributed by atoms with Crippen LogP contribution in [0.1, 0.15) is 331 Å². The minimum Gasteiger partial charge on any atom is -0.507 e. The van der Waals surface area contributed by atoms with Gasteiger partial charge in [-0.05, 0) is 235 Å². The van der Waals surface area contributed by atoms with Crippen LogP contribution in [0.3, 0.4) is 0 Å². The summed E-state index contributed by atoms with van der Waals surface area (Å²) in [5, 5.41) is 61.8. The van der Waals surface area contributed by atoms with Crippen molar-refractivity contribution in [1.29, 1.82) is 0 Å². The Balaban J connectivity index is 0.000000187. The van der Waals surface area contributed by atoms with E-state index in [2.05, 4.69) is 269 Å². The molecule has 0 aromatic heterocycles. The molecule has 10 aromatic carbocycles. The summed E-state index contributed by atoms with van der Waals surface area (Å²) < 4.78 is 23.7. The van der Waals surface area contributed by atoms with E-state index >= 15 is 0 Å². The topological polar surface area (TPSA) is 158 Å². The van der Waals surface area contributed by atoms with Gasteiger partial charge >= 0.3 is 380 Å². The molecule has 682 valence electrons. The van der Waals surface area contributed by atoms with E-state index in [-0.39, 0.29) is 27.7 Å². The molecule has 0 aliphatic heterocycles. The summed E-state index contributed by atoms with van der Waals surface area (Å²) >= 11 is 5.79. The van der Waals surface area contributed by atoms with Gasteiger partial charge in [-0.1, -0.05) is 91.0 Å². The molecule has 0 spiro atoms. The molecule has 0 bridgehead atoms. The van der Waals surface area contributed by atoms with Crippen molar-refractivity contribution in [2.45, 2.75) is 310 Å². The summed E-state index contributed by atoms with van der Waals surface area (Å²) in [5.74, 6) is 4.73. The fraction of sp³-hybridized carbons (Fsp3) is 0.442. The Morgan fingerprint density at radius 3 is 0.780 bits per heavy atom. The van der Waals surface area contributed by atoms with Gasteiger partial charge in [0.05, 0.1) is 14.5 Å². The number of benzene rings is 10. The molecule has 14 heteroatoms. The van der Waals surface area contributed by atoms with Gasteiger partial charge in [-0.25, -0.2) is 0 Å². The molecule has 14 rings (SSSR count). The van der Waals surface area contributed by atoms with E-state index in [1.165, 1.54) is 133 Å². The van der Waals surface area contributed by atoms with Crippen molar-refractivity contribution in [2.75, 3.05) is 0 Å². The summed E-state index contributed by atoms with van der Waals surface area (Å²) in [5.41, 5.74) is 30.0. The normalized spacial score (nSPS) is 13.4. The quantitative estimate of drug-likeness (QED) is 0.0631. The SMILES string of the molecule is CC(C)(C)O.CC(C)c1cccc(C(C)C)c1[N]=[Mo]=[CH]C(C)(C)C.CC(C)c1cccc(C(C)C)c1[N]=[Mo]=[CH]C(C)(C)C.CC(C)c1cccc(C(C)C)c1[N]=[Mo]=[CH]C(C)(C)C.Oc1c(-c2ccccc2)cccc1-c1ccccc1.Oc1c(Br)cc2c(c1-c1c(O)c(Br)cc3c1CCCC3)CCCC2.Oc1ccc2c(c1-c1c(O)ccc3c1CCCC3)CCCC2. The molecule has 4 aliphatic rings. The third-order valence-corrected chi connectivity index (χ3v) is 31.9. The summed E-state index contributed by atoms with van der Waals surface area (Å²) in [6.07, 6.45) is 17.6. The number of hydrogen-bond acceptors (Lipinski definition) is 9. The Hall–Kier alpha value is -6.81. The van der Waals surface area contributed by atoms with Gasteiger partial charge in [0.25, 0.3) is 0 Å². The summed E-state index contributed by atoms with van der Waals surface area (Å²) in [6.45, 7) is 52.6. The molecule has 0 fully saturated rings. The number of aliphatic hydroxyl groups is 1. The monoisotopic (exact) mass is 2090 g/mol. The first kappa shape index (κ1) is 106. The van der Waals surface area contributed by atoms with Crippen LogP contribution < -0.4 is 0 Å². The van der Waals surface area contributed by atoms with Crippen LogP contribution in [-0.2, 0) is 105 Å². The van der Waals surface area contributed by atoms with Crippen LogP contribution in [0.5, 0.6) is 28.7 Å². The average molecular weight is 2090 g/mol. The van der Waals surface area contributed by atoms with Crippen LogP contribution in [0.25, 0.3) is 44.5 Å². The molecule has 0 unspecified atom stereocenters. The molecule has 0 saturated carbocycles. The fourth-order valence-corrected chi connectivity index (χ4v) is 22.3. The first-order valence-electron chi connectivity index (χ1n) is 46.3. The fourth-order valence-electron chi connectivity index (χ4n) is 16.2. The van der Waals surface area contributed by atoms with E-state index in [9.17, 15) is 25.5 Å². The zero-order valence-corrected chi connectivity index (χ0v) is 89.9. The first-order chi connectivity index (χ1) is 59.9. The minimum atomic E-state index is -0.500. The predicted octanol–water partition coefficient (Wildman–Crippen LogP) is 33.1. The maximum absolute atomic E-state index is 10.9. The number of hydrogen-bond donors (Lipinski definition) is 6. The molecule has 0 heterocycles. The van der Waals surface area contributed by atoms with Gasteiger partial charge in [0.1, 0.15) is 28.7 Å². The Bertz CT molecular complexity index is 5040. The third kappa shape index (κ3) is 31.4. The molecule has 4 aliphatic carbocycles. The second kappa shape index (κ2) is 49.1. The van der Waals surface area contributed by atoms with Crippen molar-refractivity contribution in [3.63, 3.8) is 0 Å². The van der Waals surface area contributed by atoms with Gasteiger partial charge in [0.15, 0.2) is 0 Å². The van der Waals surface area contributed by atoms with Crippen molar-refractivity contribution in [3.8, 4) is 73.3 Å². The number of phenols is 5. The summed E-state index contributed by atoms with van der Waals surface area (Å²) in [4.78, 5) is 0. The maximum Gasteiger partial charge on any atom is 0.138 e. The van der Waals surface area contributed by atoms with Crippen molar-refractivity contribution in [3.05, 3.63) is 257 Å². The Labute approximate surface area is 805 Å². The zero-order chi connectivity index (χ0) is 93.4. The van der Waals surface area contributed by atoms with Crippen molar-refractivity contribution in [2.24, 2.45) is 26.7 Å². The largest absolute Gasteiger partial charge is 0.507 e. The van der Waals surface area contributed by atoms with Crippen LogP contribution in [0.4, 0.5) is 17.1 Å². The molecule has 9 nitrogen and oxygen atoms in total. The van der Waals surface area contributed by atoms with Crippen LogP contribution in [0.15, 0.2) is 189 Å². The predicted molar refractivity (Wildman–Crippen MR) is 540 cm³/mol. The molecule has 6 N–H and O–H groups in total. The third-order valence-electron chi connectivity index (χ3n) is 22.6. The van der Waals surface area contributed by atoms with Gasteiger partial charge in [0, 0.05) is 33.4 Å². The van der Waals surface area contributed by atoms with E-state index in [4.69, 9.17) is 15.6 Å². The second-order valence-corrected chi connectivity index (χ2v) is 46.7. The zero-order valence-electron chi connectivity index (χ0n) is 80.7. The van der Waals surface area contributed by atoms with Crippen LogP contribution in [0, 0.1) is 16.2 Å². The molecular formula is C113H147Br2Mo3N3O6. The number of aromatic hydroxyl groups is 5. The molecule has 0 atom stereocenters. The van der Waals surface area contributed by atoms with E-state index < -0.39 is 59.4 Å². The number of phenolic OH excluding ortho intramolecular Hbond substituents is 5. The van der Waals surface area contributed by atoms with Crippen molar-refractivity contribution >= 4 is 62.1 Å². The van der Waals surface area contributed by atoms with Gasteiger partial charge in [0.2, 0.25) is 0 Å². The van der Waals surface area contributed by atoms with E-state index in [0.29, 0.717) is 52.8 Å². The van der Waals surface area contributed by atoms with Gasteiger partial charge < -0.3 is 30.6 Å². The van der Waals surface area contributed by atoms with Crippen molar-refractivity contribution in [1.82, 2.24) is 0 Å². The Morgan fingerprint density at radius 1 is 0.291 bits per heavy atom. The number of rotatable bonds is 13. The average Bonchev–Trinajstić information content (AvgIpc) is 0.741. The molecule has 0 radical (unpaired) electrons. The second-order valence-electron chi connectivity index (χ2n) is 40.4. The molecular weight excluding hydrogens is 1940 g/mol. The number of nitrogens with zero attached hydrogens (tertiary/aromatic N) is 3. The minimum absolute atomic E-state index is 0.261. The van der Waals surface area contributed by atoms with Gasteiger partial charge in [-0.15, -0.1) is 0 Å². The van der Waals surface area contributed by atoms with Crippen LogP contribution >= 0.6 is 31.9 Å². The molecule has 10 aromatic rings. The number of fused-ring (bicyclic) bond motifs is 4. The van der Waals surface area contributed by atoms with Crippen LogP contribution in [0.2, 0.25) is 0 Å². The number of aryl methyl sites for hydroxylation is 4. The summed E-state index contributed by atoms with van der Waals surface area (Å²) in [6, 6.07) is 57.5. The maximum atomic E-state index is 10.9. The molecule has 127 heavy (non-hydrogen) atoms. The summed E-state index contributed by atoms with van der Waals surface area (Å²) in [7, 11) is 0.